The van der Waals surface area contributed by atoms with Gasteiger partial charge in [0.05, 0.1) is 36.8 Å². The lowest BCUT2D eigenvalue weighted by atomic mass is 10.2. The van der Waals surface area contributed by atoms with Crippen LogP contribution in [0.1, 0.15) is 50.8 Å². The maximum absolute atomic E-state index is 13.3. The van der Waals surface area contributed by atoms with E-state index in [-0.39, 0.29) is 23.1 Å². The molecule has 1 N–H and O–H groups in total. The highest BCUT2D eigenvalue weighted by molar-refractivity contribution is 7.90. The van der Waals surface area contributed by atoms with Gasteiger partial charge in [-0.3, -0.25) is 0 Å². The second-order valence-electron chi connectivity index (χ2n) is 9.11. The third-order valence-corrected chi connectivity index (χ3v) is 7.93. The van der Waals surface area contributed by atoms with Crippen molar-refractivity contribution >= 4 is 27.2 Å². The fourth-order valence-electron chi connectivity index (χ4n) is 3.97. The number of ether oxygens (including phenoxy) is 1. The molecular formula is C23H31FN4O3S2. The van der Waals surface area contributed by atoms with E-state index < -0.39 is 15.7 Å². The zero-order valence-electron chi connectivity index (χ0n) is 19.0. The van der Waals surface area contributed by atoms with Crippen molar-refractivity contribution in [1.29, 1.82) is 0 Å². The van der Waals surface area contributed by atoms with Crippen LogP contribution in [0.2, 0.25) is 0 Å². The highest BCUT2D eigenvalue weighted by Crippen LogP contribution is 2.24. The summed E-state index contributed by atoms with van der Waals surface area (Å²) in [4.78, 5) is 6.41. The summed E-state index contributed by atoms with van der Waals surface area (Å²) >= 11 is 5.64. The van der Waals surface area contributed by atoms with Crippen LogP contribution in [0.3, 0.4) is 0 Å². The Hall–Kier alpha value is -2.04. The number of hydrogen-bond acceptors (Lipinski definition) is 5. The molecule has 1 aromatic carbocycles. The van der Waals surface area contributed by atoms with Crippen LogP contribution in [0.15, 0.2) is 35.6 Å². The molecule has 1 aliphatic carbocycles. The van der Waals surface area contributed by atoms with Gasteiger partial charge >= 0.3 is 0 Å². The van der Waals surface area contributed by atoms with E-state index in [1.54, 1.807) is 10.8 Å². The standard InChI is InChI=1S/C23H31FN4O3S2/c1-16(2)27(22(32)26-19-9-10-19)13-20-12-25-23(28(20)14-21-4-3-11-31-21)33(29,30)15-17-5-7-18(24)8-6-17/h5-8,12,16,19,21H,3-4,9-11,13-15H2,1-2H3,(H,26,32). The summed E-state index contributed by atoms with van der Waals surface area (Å²) in [6, 6.07) is 6.08. The van der Waals surface area contributed by atoms with Gasteiger partial charge in [-0.25, -0.2) is 17.8 Å². The second-order valence-corrected chi connectivity index (χ2v) is 11.4. The molecule has 1 aliphatic heterocycles. The molecule has 2 aromatic rings. The van der Waals surface area contributed by atoms with Crippen molar-refractivity contribution in [3.05, 3.63) is 47.5 Å². The zero-order valence-corrected chi connectivity index (χ0v) is 20.7. The van der Waals surface area contributed by atoms with E-state index in [2.05, 4.69) is 29.0 Å². The van der Waals surface area contributed by atoms with Crippen LogP contribution >= 0.6 is 12.2 Å². The number of rotatable bonds is 9. The summed E-state index contributed by atoms with van der Waals surface area (Å²) in [6.07, 6.45) is 5.65. The van der Waals surface area contributed by atoms with Crippen molar-refractivity contribution < 1.29 is 17.5 Å². The van der Waals surface area contributed by atoms with Crippen molar-refractivity contribution in [2.75, 3.05) is 6.61 Å². The van der Waals surface area contributed by atoms with Crippen LogP contribution < -0.4 is 5.32 Å². The van der Waals surface area contributed by atoms with Gasteiger partial charge in [-0.05, 0) is 69.4 Å². The maximum atomic E-state index is 13.3. The minimum Gasteiger partial charge on any atom is -0.376 e. The summed E-state index contributed by atoms with van der Waals surface area (Å²) in [5.41, 5.74) is 1.29. The van der Waals surface area contributed by atoms with Crippen molar-refractivity contribution in [2.45, 2.75) is 81.7 Å². The van der Waals surface area contributed by atoms with Gasteiger partial charge in [-0.2, -0.15) is 0 Å². The quantitative estimate of drug-likeness (QED) is 0.535. The van der Waals surface area contributed by atoms with E-state index in [9.17, 15) is 12.8 Å². The summed E-state index contributed by atoms with van der Waals surface area (Å²) in [5, 5.41) is 4.07. The van der Waals surface area contributed by atoms with Gasteiger partial charge in [0.25, 0.3) is 0 Å². The van der Waals surface area contributed by atoms with Crippen LogP contribution in [-0.4, -0.2) is 52.8 Å². The Balaban J connectivity index is 1.62. The highest BCUT2D eigenvalue weighted by atomic mass is 32.2. The third kappa shape index (κ3) is 6.10. The lowest BCUT2D eigenvalue weighted by Gasteiger charge is -2.30. The van der Waals surface area contributed by atoms with Crippen LogP contribution in [0, 0.1) is 5.82 Å². The molecule has 1 saturated heterocycles. The first-order chi connectivity index (χ1) is 15.7. The molecule has 0 radical (unpaired) electrons. The fourth-order valence-corrected chi connectivity index (χ4v) is 5.91. The normalized spacial score (nSPS) is 18.6. The molecule has 0 spiro atoms. The summed E-state index contributed by atoms with van der Waals surface area (Å²) < 4.78 is 47.5. The molecule has 2 fully saturated rings. The average molecular weight is 495 g/mol. The zero-order chi connectivity index (χ0) is 23.6. The van der Waals surface area contributed by atoms with Crippen molar-refractivity contribution in [3.63, 3.8) is 0 Å². The predicted octanol–water partition coefficient (Wildman–Crippen LogP) is 3.42. The van der Waals surface area contributed by atoms with E-state index in [4.69, 9.17) is 17.0 Å². The number of sulfone groups is 1. The molecule has 0 amide bonds. The molecule has 1 unspecified atom stereocenters. The van der Waals surface area contributed by atoms with Gasteiger partial charge in [-0.1, -0.05) is 12.1 Å². The van der Waals surface area contributed by atoms with Gasteiger partial charge in [0.15, 0.2) is 5.11 Å². The summed E-state index contributed by atoms with van der Waals surface area (Å²) in [7, 11) is -3.76. The van der Waals surface area contributed by atoms with E-state index in [0.717, 1.165) is 31.4 Å². The first-order valence-corrected chi connectivity index (χ1v) is 13.5. The summed E-state index contributed by atoms with van der Waals surface area (Å²) in [5.74, 6) is -0.645. The predicted molar refractivity (Wildman–Crippen MR) is 128 cm³/mol. The Morgan fingerprint density at radius 3 is 2.64 bits per heavy atom. The number of aromatic nitrogens is 2. The number of nitrogens with one attached hydrogen (secondary N) is 1. The van der Waals surface area contributed by atoms with Crippen LogP contribution in [0.5, 0.6) is 0 Å². The van der Waals surface area contributed by atoms with Crippen LogP contribution in [0.4, 0.5) is 4.39 Å². The molecule has 1 aromatic heterocycles. The van der Waals surface area contributed by atoms with E-state index in [0.29, 0.717) is 36.4 Å². The first-order valence-electron chi connectivity index (χ1n) is 11.4. The molecule has 10 heteroatoms. The molecule has 7 nitrogen and oxygen atoms in total. The highest BCUT2D eigenvalue weighted by Gasteiger charge is 2.29. The minimum absolute atomic E-state index is 0.0158. The molecule has 1 atom stereocenters. The van der Waals surface area contributed by atoms with E-state index in [1.807, 2.05) is 0 Å². The molecule has 2 heterocycles. The number of hydrogen-bond donors (Lipinski definition) is 1. The van der Waals surface area contributed by atoms with Gasteiger partial charge < -0.3 is 19.5 Å². The lowest BCUT2D eigenvalue weighted by Crippen LogP contribution is -2.44. The Morgan fingerprint density at radius 1 is 1.30 bits per heavy atom. The molecular weight excluding hydrogens is 463 g/mol. The fraction of sp³-hybridized carbons (Fsp3) is 0.565. The van der Waals surface area contributed by atoms with E-state index >= 15 is 0 Å². The Kier molecular flexibility index (Phi) is 7.35. The topological polar surface area (TPSA) is 76.5 Å². The maximum Gasteiger partial charge on any atom is 0.228 e. The number of nitrogens with zero attached hydrogens (tertiary/aromatic N) is 3. The number of halogens is 1. The first kappa shape index (κ1) is 24.1. The van der Waals surface area contributed by atoms with Gasteiger partial charge in [0.2, 0.25) is 15.0 Å². The van der Waals surface area contributed by atoms with Crippen LogP contribution in [0.25, 0.3) is 0 Å². The minimum atomic E-state index is -3.76. The lowest BCUT2D eigenvalue weighted by molar-refractivity contribution is 0.0935. The molecule has 1 saturated carbocycles. The molecule has 2 aliphatic rings. The number of imidazole rings is 1. The van der Waals surface area contributed by atoms with Gasteiger partial charge in [0, 0.05) is 18.7 Å². The molecule has 0 bridgehead atoms. The number of benzene rings is 1. The molecule has 180 valence electrons. The number of thiocarbonyl (C=S) groups is 1. The van der Waals surface area contributed by atoms with Crippen molar-refractivity contribution in [3.8, 4) is 0 Å². The van der Waals surface area contributed by atoms with Crippen LogP contribution in [-0.2, 0) is 33.4 Å². The second kappa shape index (κ2) is 10.1. The average Bonchev–Trinajstić information content (AvgIpc) is 3.25. The molecule has 4 rings (SSSR count). The van der Waals surface area contributed by atoms with Crippen molar-refractivity contribution in [1.82, 2.24) is 19.8 Å². The summed E-state index contributed by atoms with van der Waals surface area (Å²) in [6.45, 7) is 5.67. The Bertz CT molecular complexity index is 1080. The Morgan fingerprint density at radius 2 is 2.03 bits per heavy atom. The smallest absolute Gasteiger partial charge is 0.228 e. The SMILES string of the molecule is CC(C)N(Cc1cnc(S(=O)(=O)Cc2ccc(F)cc2)n1CC1CCCO1)C(=S)NC1CC1. The third-order valence-electron chi connectivity index (χ3n) is 5.98. The molecule has 33 heavy (non-hydrogen) atoms. The Labute approximate surface area is 200 Å². The van der Waals surface area contributed by atoms with Gasteiger partial charge in [-0.15, -0.1) is 0 Å². The largest absolute Gasteiger partial charge is 0.376 e. The monoisotopic (exact) mass is 494 g/mol. The van der Waals surface area contributed by atoms with Crippen molar-refractivity contribution in [2.24, 2.45) is 0 Å². The van der Waals surface area contributed by atoms with E-state index in [1.165, 1.54) is 24.3 Å². The van der Waals surface area contributed by atoms with Gasteiger partial charge in [0.1, 0.15) is 5.82 Å².